The molecule has 160 valence electrons. The van der Waals surface area contributed by atoms with Gasteiger partial charge in [0.15, 0.2) is 0 Å². The maximum atomic E-state index is 13.3. The molecule has 0 aromatic heterocycles. The number of nitrogens with zero attached hydrogens (tertiary/aromatic N) is 1. The number of thioether (sulfide) groups is 1. The fourth-order valence-corrected chi connectivity index (χ4v) is 6.12. The van der Waals surface area contributed by atoms with Gasteiger partial charge in [-0.25, -0.2) is 8.42 Å². The first kappa shape index (κ1) is 21.5. The highest BCUT2D eigenvalue weighted by Gasteiger charge is 2.36. The minimum atomic E-state index is -3.68. The molecule has 5 nitrogen and oxygen atoms in total. The molecule has 0 aliphatic carbocycles. The fourth-order valence-electron chi connectivity index (χ4n) is 3.88. The van der Waals surface area contributed by atoms with Crippen LogP contribution < -0.4 is 9.62 Å². The molecule has 0 saturated carbocycles. The van der Waals surface area contributed by atoms with Gasteiger partial charge in [0.05, 0.1) is 16.3 Å². The van der Waals surface area contributed by atoms with E-state index in [1.807, 2.05) is 44.4 Å². The standard InChI is InChI=1S/C24H24N2O3S2/c1-16-8-11-20(12-9-16)31(28,29)26-17(2)14-19-15-18(10-13-22(19)26)24(27)25-21-6-4-5-7-23(21)30-3/h4-13,15,17H,14H2,1-3H3,(H,25,27)/t17-/m0/s1. The Morgan fingerprint density at radius 3 is 2.48 bits per heavy atom. The maximum absolute atomic E-state index is 13.3. The van der Waals surface area contributed by atoms with Crippen molar-refractivity contribution in [3.05, 3.63) is 83.4 Å². The topological polar surface area (TPSA) is 66.5 Å². The first-order valence-electron chi connectivity index (χ1n) is 9.99. The lowest BCUT2D eigenvalue weighted by atomic mass is 10.1. The lowest BCUT2D eigenvalue weighted by molar-refractivity contribution is 0.102. The van der Waals surface area contributed by atoms with Crippen LogP contribution in [0.1, 0.15) is 28.4 Å². The molecular weight excluding hydrogens is 428 g/mol. The number of benzene rings is 3. The van der Waals surface area contributed by atoms with Gasteiger partial charge in [-0.15, -0.1) is 11.8 Å². The molecule has 4 rings (SSSR count). The minimum absolute atomic E-state index is 0.211. The number of hydrogen-bond donors (Lipinski definition) is 1. The third-order valence-electron chi connectivity index (χ3n) is 5.43. The molecule has 7 heteroatoms. The normalized spacial score (nSPS) is 15.6. The molecule has 3 aromatic carbocycles. The summed E-state index contributed by atoms with van der Waals surface area (Å²) in [4.78, 5) is 14.1. The first-order valence-corrected chi connectivity index (χ1v) is 12.7. The lowest BCUT2D eigenvalue weighted by Crippen LogP contribution is -2.35. The average molecular weight is 453 g/mol. The van der Waals surface area contributed by atoms with Crippen molar-refractivity contribution in [1.82, 2.24) is 0 Å². The van der Waals surface area contributed by atoms with Gasteiger partial charge >= 0.3 is 0 Å². The first-order chi connectivity index (χ1) is 14.8. The summed E-state index contributed by atoms with van der Waals surface area (Å²) < 4.78 is 28.1. The van der Waals surface area contributed by atoms with Gasteiger partial charge in [0, 0.05) is 16.5 Å². The van der Waals surface area contributed by atoms with Crippen LogP contribution in [0.5, 0.6) is 0 Å². The van der Waals surface area contributed by atoms with Crippen LogP contribution >= 0.6 is 11.8 Å². The number of hydrogen-bond acceptors (Lipinski definition) is 4. The number of anilines is 2. The van der Waals surface area contributed by atoms with Crippen molar-refractivity contribution in [2.75, 3.05) is 15.9 Å². The van der Waals surface area contributed by atoms with Crippen molar-refractivity contribution in [2.24, 2.45) is 0 Å². The largest absolute Gasteiger partial charge is 0.321 e. The van der Waals surface area contributed by atoms with E-state index in [4.69, 9.17) is 0 Å². The number of amides is 1. The molecule has 0 saturated heterocycles. The van der Waals surface area contributed by atoms with Crippen LogP contribution in [0, 0.1) is 6.92 Å². The van der Waals surface area contributed by atoms with E-state index in [0.29, 0.717) is 17.7 Å². The summed E-state index contributed by atoms with van der Waals surface area (Å²) in [5, 5.41) is 2.96. The summed E-state index contributed by atoms with van der Waals surface area (Å²) in [5.41, 5.74) is 3.77. The summed E-state index contributed by atoms with van der Waals surface area (Å²) in [6.45, 7) is 3.81. The zero-order valence-electron chi connectivity index (χ0n) is 17.6. The molecule has 1 aliphatic rings. The molecule has 1 N–H and O–H groups in total. The van der Waals surface area contributed by atoms with Gasteiger partial charge in [0.25, 0.3) is 15.9 Å². The number of carbonyl (C=O) groups excluding carboxylic acids is 1. The Morgan fingerprint density at radius 1 is 1.06 bits per heavy atom. The Kier molecular flexibility index (Phi) is 5.81. The van der Waals surface area contributed by atoms with Crippen molar-refractivity contribution < 1.29 is 13.2 Å². The lowest BCUT2D eigenvalue weighted by Gasteiger charge is -2.24. The quantitative estimate of drug-likeness (QED) is 0.547. The van der Waals surface area contributed by atoms with Gasteiger partial charge in [0.1, 0.15) is 0 Å². The highest BCUT2D eigenvalue weighted by atomic mass is 32.2. The number of para-hydroxylation sites is 1. The molecule has 1 amide bonds. The zero-order chi connectivity index (χ0) is 22.2. The van der Waals surface area contributed by atoms with E-state index >= 15 is 0 Å². The Balaban J connectivity index is 1.63. The third kappa shape index (κ3) is 4.07. The predicted octanol–water partition coefficient (Wildman–Crippen LogP) is 5.11. The van der Waals surface area contributed by atoms with Crippen LogP contribution in [0.2, 0.25) is 0 Å². The summed E-state index contributed by atoms with van der Waals surface area (Å²) in [6.07, 6.45) is 2.52. The Hall–Kier alpha value is -2.77. The van der Waals surface area contributed by atoms with E-state index in [2.05, 4.69) is 5.32 Å². The highest BCUT2D eigenvalue weighted by molar-refractivity contribution is 7.98. The molecule has 1 aliphatic heterocycles. The third-order valence-corrected chi connectivity index (χ3v) is 8.17. The van der Waals surface area contributed by atoms with Crippen molar-refractivity contribution in [3.8, 4) is 0 Å². The summed E-state index contributed by atoms with van der Waals surface area (Å²) in [7, 11) is -3.68. The van der Waals surface area contributed by atoms with E-state index in [-0.39, 0.29) is 16.8 Å². The van der Waals surface area contributed by atoms with E-state index < -0.39 is 10.0 Å². The second-order valence-corrected chi connectivity index (χ2v) is 10.3. The SMILES string of the molecule is CSc1ccccc1NC(=O)c1ccc2c(c1)C[C@H](C)N2S(=O)(=O)c1ccc(C)cc1. The van der Waals surface area contributed by atoms with Gasteiger partial charge in [0.2, 0.25) is 0 Å². The van der Waals surface area contributed by atoms with Crippen LogP contribution in [0.15, 0.2) is 76.5 Å². The monoisotopic (exact) mass is 452 g/mol. The number of rotatable bonds is 5. The summed E-state index contributed by atoms with van der Waals surface area (Å²) in [6, 6.07) is 19.5. The highest BCUT2D eigenvalue weighted by Crippen LogP contribution is 2.37. The molecule has 0 fully saturated rings. The van der Waals surface area contributed by atoms with Gasteiger partial charge in [-0.05, 0) is 74.6 Å². The zero-order valence-corrected chi connectivity index (χ0v) is 19.3. The molecule has 0 unspecified atom stereocenters. The average Bonchev–Trinajstić information content (AvgIpc) is 3.10. The molecule has 3 aromatic rings. The fraction of sp³-hybridized carbons (Fsp3) is 0.208. The number of fused-ring (bicyclic) bond motifs is 1. The van der Waals surface area contributed by atoms with E-state index in [1.165, 1.54) is 4.31 Å². The van der Waals surface area contributed by atoms with Crippen LogP contribution in [-0.4, -0.2) is 26.6 Å². The van der Waals surface area contributed by atoms with E-state index in [1.54, 1.807) is 54.2 Å². The molecular formula is C24H24N2O3S2. The molecule has 1 atom stereocenters. The van der Waals surface area contributed by atoms with Crippen molar-refractivity contribution in [3.63, 3.8) is 0 Å². The van der Waals surface area contributed by atoms with Gasteiger partial charge < -0.3 is 5.32 Å². The minimum Gasteiger partial charge on any atom is -0.321 e. The van der Waals surface area contributed by atoms with Crippen LogP contribution in [0.4, 0.5) is 11.4 Å². The molecule has 0 radical (unpaired) electrons. The van der Waals surface area contributed by atoms with E-state index in [9.17, 15) is 13.2 Å². The number of sulfonamides is 1. The summed E-state index contributed by atoms with van der Waals surface area (Å²) >= 11 is 1.57. The second kappa shape index (κ2) is 8.40. The van der Waals surface area contributed by atoms with Crippen LogP contribution in [-0.2, 0) is 16.4 Å². The number of nitrogens with one attached hydrogen (secondary N) is 1. The van der Waals surface area contributed by atoms with Crippen LogP contribution in [0.3, 0.4) is 0 Å². The Bertz CT molecular complexity index is 1240. The number of aryl methyl sites for hydroxylation is 1. The van der Waals surface area contributed by atoms with Gasteiger partial charge in [-0.2, -0.15) is 0 Å². The molecule has 31 heavy (non-hydrogen) atoms. The molecule has 1 heterocycles. The maximum Gasteiger partial charge on any atom is 0.264 e. The second-order valence-electron chi connectivity index (χ2n) is 7.66. The van der Waals surface area contributed by atoms with E-state index in [0.717, 1.165) is 21.7 Å². The smallest absolute Gasteiger partial charge is 0.264 e. The Morgan fingerprint density at radius 2 is 1.77 bits per heavy atom. The van der Waals surface area contributed by atoms with Crippen molar-refractivity contribution in [1.29, 1.82) is 0 Å². The van der Waals surface area contributed by atoms with Crippen molar-refractivity contribution >= 4 is 39.1 Å². The molecule has 0 bridgehead atoms. The van der Waals surface area contributed by atoms with Crippen molar-refractivity contribution in [2.45, 2.75) is 36.1 Å². The Labute approximate surface area is 187 Å². The van der Waals surface area contributed by atoms with Crippen LogP contribution in [0.25, 0.3) is 0 Å². The van der Waals surface area contributed by atoms with Gasteiger partial charge in [-0.1, -0.05) is 29.8 Å². The summed E-state index contributed by atoms with van der Waals surface area (Å²) in [5.74, 6) is -0.211. The molecule has 0 spiro atoms. The number of carbonyl (C=O) groups is 1. The predicted molar refractivity (Wildman–Crippen MR) is 127 cm³/mol. The van der Waals surface area contributed by atoms with Gasteiger partial charge in [-0.3, -0.25) is 9.10 Å².